The van der Waals surface area contributed by atoms with Crippen LogP contribution in [0.3, 0.4) is 0 Å². The van der Waals surface area contributed by atoms with Gasteiger partial charge in [-0.15, -0.1) is 0 Å². The summed E-state index contributed by atoms with van der Waals surface area (Å²) in [7, 11) is 0. The van der Waals surface area contributed by atoms with Crippen LogP contribution in [-0.4, -0.2) is 30.0 Å². The van der Waals surface area contributed by atoms with E-state index in [9.17, 15) is 4.79 Å². The van der Waals surface area contributed by atoms with E-state index in [4.69, 9.17) is 25.6 Å². The summed E-state index contributed by atoms with van der Waals surface area (Å²) in [4.78, 5) is 11.4. The van der Waals surface area contributed by atoms with Gasteiger partial charge in [-0.2, -0.15) is 0 Å². The van der Waals surface area contributed by atoms with Crippen LogP contribution in [0.15, 0.2) is 22.7 Å². The Morgan fingerprint density at radius 3 is 2.90 bits per heavy atom. The number of para-hydroxylation sites is 1. The van der Waals surface area contributed by atoms with Crippen molar-refractivity contribution in [2.45, 2.75) is 26.4 Å². The molecule has 1 aromatic heterocycles. The van der Waals surface area contributed by atoms with Crippen molar-refractivity contribution in [2.24, 2.45) is 0 Å². The van der Waals surface area contributed by atoms with Crippen molar-refractivity contribution >= 4 is 28.7 Å². The molecule has 0 fully saturated rings. The fourth-order valence-corrected chi connectivity index (χ4v) is 1.83. The van der Waals surface area contributed by atoms with E-state index in [0.29, 0.717) is 28.4 Å². The molecule has 21 heavy (non-hydrogen) atoms. The van der Waals surface area contributed by atoms with Gasteiger partial charge in [0.05, 0.1) is 17.0 Å². The van der Waals surface area contributed by atoms with Crippen LogP contribution in [0.1, 0.15) is 20.8 Å². The van der Waals surface area contributed by atoms with Crippen LogP contribution in [0, 0.1) is 0 Å². The first-order chi connectivity index (χ1) is 9.87. The Balaban J connectivity index is 1.83. The van der Waals surface area contributed by atoms with Crippen LogP contribution >= 0.6 is 11.6 Å². The number of halogens is 1. The average Bonchev–Trinajstić information content (AvgIpc) is 2.77. The fourth-order valence-electron chi connectivity index (χ4n) is 1.63. The number of fused-ring (bicyclic) bond motifs is 1. The van der Waals surface area contributed by atoms with E-state index < -0.39 is 11.7 Å². The monoisotopic (exact) mass is 312 g/mol. The first-order valence-corrected chi connectivity index (χ1v) is 6.88. The number of carbonyl (C=O) groups is 1. The number of nitrogens with one attached hydrogen (secondary N) is 1. The minimum absolute atomic E-state index is 0.243. The van der Waals surface area contributed by atoms with Crippen molar-refractivity contribution in [3.8, 4) is 5.88 Å². The lowest BCUT2D eigenvalue weighted by atomic mass is 10.2. The number of hydrogen-bond donors (Lipinski definition) is 1. The lowest BCUT2D eigenvalue weighted by Crippen LogP contribution is -2.34. The van der Waals surface area contributed by atoms with E-state index in [1.807, 2.05) is 0 Å². The molecule has 6 nitrogen and oxygen atoms in total. The highest BCUT2D eigenvalue weighted by Gasteiger charge is 2.16. The second kappa shape index (κ2) is 6.22. The number of rotatable bonds is 4. The molecule has 0 radical (unpaired) electrons. The van der Waals surface area contributed by atoms with E-state index in [2.05, 4.69) is 10.5 Å². The highest BCUT2D eigenvalue weighted by Crippen LogP contribution is 2.29. The summed E-state index contributed by atoms with van der Waals surface area (Å²) < 4.78 is 15.7. The highest BCUT2D eigenvalue weighted by atomic mass is 35.5. The van der Waals surface area contributed by atoms with E-state index in [-0.39, 0.29) is 6.61 Å². The first-order valence-electron chi connectivity index (χ1n) is 6.50. The molecule has 1 N–H and O–H groups in total. The van der Waals surface area contributed by atoms with E-state index >= 15 is 0 Å². The van der Waals surface area contributed by atoms with Crippen LogP contribution in [0.2, 0.25) is 5.02 Å². The number of nitrogens with zero attached hydrogens (tertiary/aromatic N) is 1. The van der Waals surface area contributed by atoms with Crippen LogP contribution in [0.4, 0.5) is 4.79 Å². The molecule has 0 saturated carbocycles. The number of amides is 1. The van der Waals surface area contributed by atoms with Crippen molar-refractivity contribution in [2.75, 3.05) is 13.2 Å². The summed E-state index contributed by atoms with van der Waals surface area (Å²) >= 11 is 5.97. The smallest absolute Gasteiger partial charge is 0.407 e. The largest absolute Gasteiger partial charge is 0.473 e. The quantitative estimate of drug-likeness (QED) is 0.876. The highest BCUT2D eigenvalue weighted by molar-refractivity contribution is 6.34. The van der Waals surface area contributed by atoms with E-state index in [1.54, 1.807) is 39.0 Å². The molecule has 0 atom stereocenters. The molecule has 7 heteroatoms. The Bertz CT molecular complexity index is 633. The van der Waals surface area contributed by atoms with Gasteiger partial charge in [-0.25, -0.2) is 4.79 Å². The van der Waals surface area contributed by atoms with Gasteiger partial charge >= 0.3 is 6.09 Å². The third-order valence-corrected chi connectivity index (χ3v) is 2.72. The molecule has 2 rings (SSSR count). The zero-order chi connectivity index (χ0) is 15.5. The van der Waals surface area contributed by atoms with Crippen molar-refractivity contribution < 1.29 is 18.8 Å². The normalized spacial score (nSPS) is 11.4. The summed E-state index contributed by atoms with van der Waals surface area (Å²) in [5.74, 6) is 0.346. The Labute approximate surface area is 127 Å². The molecule has 0 aliphatic carbocycles. The van der Waals surface area contributed by atoms with Crippen LogP contribution in [-0.2, 0) is 4.74 Å². The summed E-state index contributed by atoms with van der Waals surface area (Å²) in [5.41, 5.74) is -0.0430. The van der Waals surface area contributed by atoms with Gasteiger partial charge in [0.15, 0.2) is 5.58 Å². The maximum atomic E-state index is 11.4. The number of aromatic nitrogens is 1. The summed E-state index contributed by atoms with van der Waals surface area (Å²) in [6.07, 6.45) is -0.487. The number of ether oxygens (including phenoxy) is 2. The topological polar surface area (TPSA) is 73.6 Å². The van der Waals surface area contributed by atoms with Crippen LogP contribution in [0.25, 0.3) is 11.0 Å². The molecule has 0 spiro atoms. The molecular weight excluding hydrogens is 296 g/mol. The molecular formula is C14H17ClN2O4. The van der Waals surface area contributed by atoms with Gasteiger partial charge in [-0.05, 0) is 38.1 Å². The maximum absolute atomic E-state index is 11.4. The van der Waals surface area contributed by atoms with Crippen molar-refractivity contribution in [1.82, 2.24) is 10.5 Å². The van der Waals surface area contributed by atoms with Gasteiger partial charge in [0.1, 0.15) is 12.2 Å². The van der Waals surface area contributed by atoms with E-state index in [1.165, 1.54) is 0 Å². The molecule has 2 aromatic rings. The summed E-state index contributed by atoms with van der Waals surface area (Å²) in [5, 5.41) is 7.57. The van der Waals surface area contributed by atoms with Crippen LogP contribution < -0.4 is 10.1 Å². The zero-order valence-electron chi connectivity index (χ0n) is 12.1. The minimum atomic E-state index is -0.524. The summed E-state index contributed by atoms with van der Waals surface area (Å²) in [6.45, 7) is 5.94. The van der Waals surface area contributed by atoms with Crippen molar-refractivity contribution in [3.05, 3.63) is 23.2 Å². The number of benzene rings is 1. The zero-order valence-corrected chi connectivity index (χ0v) is 12.9. The van der Waals surface area contributed by atoms with Gasteiger partial charge in [0, 0.05) is 0 Å². The van der Waals surface area contributed by atoms with Crippen molar-refractivity contribution in [3.63, 3.8) is 0 Å². The standard InChI is InChI=1S/C14H17ClN2O4/c1-14(2,3)20-13(18)16-7-8-19-12-9-5-4-6-10(15)11(9)21-17-12/h4-6H,7-8H2,1-3H3,(H,16,18). The SMILES string of the molecule is CC(C)(C)OC(=O)NCCOc1noc2c(Cl)cccc12. The predicted molar refractivity (Wildman–Crippen MR) is 78.8 cm³/mol. The molecule has 0 saturated heterocycles. The van der Waals surface area contributed by atoms with E-state index in [0.717, 1.165) is 0 Å². The predicted octanol–water partition coefficient (Wildman–Crippen LogP) is 3.38. The molecule has 114 valence electrons. The lowest BCUT2D eigenvalue weighted by Gasteiger charge is -2.19. The fraction of sp³-hybridized carbons (Fsp3) is 0.429. The minimum Gasteiger partial charge on any atom is -0.473 e. The third-order valence-electron chi connectivity index (χ3n) is 2.43. The van der Waals surface area contributed by atoms with Gasteiger partial charge in [-0.1, -0.05) is 17.7 Å². The average molecular weight is 313 g/mol. The number of hydrogen-bond acceptors (Lipinski definition) is 5. The molecule has 0 unspecified atom stereocenters. The molecule has 1 aromatic carbocycles. The second-order valence-corrected chi connectivity index (χ2v) is 5.79. The van der Waals surface area contributed by atoms with Gasteiger partial charge in [0.25, 0.3) is 5.88 Å². The Kier molecular flexibility index (Phi) is 4.57. The van der Waals surface area contributed by atoms with Gasteiger partial charge in [0.2, 0.25) is 0 Å². The molecule has 1 heterocycles. The summed E-state index contributed by atoms with van der Waals surface area (Å²) in [6, 6.07) is 5.30. The lowest BCUT2D eigenvalue weighted by molar-refractivity contribution is 0.0520. The van der Waals surface area contributed by atoms with Crippen LogP contribution in [0.5, 0.6) is 5.88 Å². The van der Waals surface area contributed by atoms with Crippen molar-refractivity contribution in [1.29, 1.82) is 0 Å². The number of alkyl carbamates (subject to hydrolysis) is 1. The third kappa shape index (κ3) is 4.26. The molecule has 0 aliphatic rings. The Morgan fingerprint density at radius 1 is 1.43 bits per heavy atom. The molecule has 0 bridgehead atoms. The molecule has 1 amide bonds. The van der Waals surface area contributed by atoms with Gasteiger partial charge < -0.3 is 19.3 Å². The number of carbonyl (C=O) groups excluding carboxylic acids is 1. The first kappa shape index (κ1) is 15.4. The second-order valence-electron chi connectivity index (χ2n) is 5.38. The van der Waals surface area contributed by atoms with Gasteiger partial charge in [-0.3, -0.25) is 0 Å². The Morgan fingerprint density at radius 2 is 2.19 bits per heavy atom. The maximum Gasteiger partial charge on any atom is 0.407 e. The molecule has 0 aliphatic heterocycles. The Hall–Kier alpha value is -1.95.